The first kappa shape index (κ1) is 15.8. The molecule has 0 aliphatic rings. The van der Waals surface area contributed by atoms with Crippen molar-refractivity contribution >= 4 is 0 Å². The van der Waals surface area contributed by atoms with Gasteiger partial charge in [-0.3, -0.25) is 0 Å². The molecule has 1 heterocycles. The van der Waals surface area contributed by atoms with Gasteiger partial charge in [-0.25, -0.2) is 4.98 Å². The predicted octanol–water partition coefficient (Wildman–Crippen LogP) is 3.93. The molecule has 0 amide bonds. The Kier molecular flexibility index (Phi) is 5.18. The van der Waals surface area contributed by atoms with E-state index in [1.165, 1.54) is 22.3 Å². The smallest absolute Gasteiger partial charge is 0.106 e. The molecule has 0 atom stereocenters. The van der Waals surface area contributed by atoms with E-state index in [0.717, 1.165) is 30.9 Å². The van der Waals surface area contributed by atoms with Gasteiger partial charge in [0.15, 0.2) is 0 Å². The quantitative estimate of drug-likeness (QED) is 0.789. The van der Waals surface area contributed by atoms with Crippen LogP contribution < -0.4 is 5.32 Å². The molecule has 2 rings (SSSR count). The molecule has 0 unspecified atom stereocenters. The number of H-pyrrole nitrogens is 1. The average Bonchev–Trinajstić information content (AvgIpc) is 2.87. The SMILES string of the molecule is Cc1cc(C)c(-c2cnc(CCCNC(C)C)[nH]2)cc1C. The summed E-state index contributed by atoms with van der Waals surface area (Å²) in [5.74, 6) is 1.08. The monoisotopic (exact) mass is 285 g/mol. The third-order valence-corrected chi connectivity index (χ3v) is 3.90. The molecule has 21 heavy (non-hydrogen) atoms. The van der Waals surface area contributed by atoms with Crippen molar-refractivity contribution in [3.8, 4) is 11.3 Å². The van der Waals surface area contributed by atoms with E-state index in [-0.39, 0.29) is 0 Å². The lowest BCUT2D eigenvalue weighted by Crippen LogP contribution is -2.24. The van der Waals surface area contributed by atoms with Crippen molar-refractivity contribution in [2.24, 2.45) is 0 Å². The van der Waals surface area contributed by atoms with E-state index in [1.807, 2.05) is 6.20 Å². The van der Waals surface area contributed by atoms with Crippen molar-refractivity contribution in [1.82, 2.24) is 15.3 Å². The van der Waals surface area contributed by atoms with Crippen molar-refractivity contribution in [2.45, 2.75) is 53.5 Å². The molecular formula is C18H27N3. The lowest BCUT2D eigenvalue weighted by Gasteiger charge is -2.08. The van der Waals surface area contributed by atoms with Gasteiger partial charge >= 0.3 is 0 Å². The highest BCUT2D eigenvalue weighted by atomic mass is 14.9. The van der Waals surface area contributed by atoms with E-state index in [1.54, 1.807) is 0 Å². The molecule has 0 aliphatic heterocycles. The zero-order chi connectivity index (χ0) is 15.4. The van der Waals surface area contributed by atoms with Crippen molar-refractivity contribution in [3.63, 3.8) is 0 Å². The van der Waals surface area contributed by atoms with Crippen LogP contribution in [0.5, 0.6) is 0 Å². The first-order valence-electron chi connectivity index (χ1n) is 7.83. The van der Waals surface area contributed by atoms with E-state index in [2.05, 4.69) is 62.0 Å². The molecule has 0 spiro atoms. The van der Waals surface area contributed by atoms with E-state index in [9.17, 15) is 0 Å². The summed E-state index contributed by atoms with van der Waals surface area (Å²) in [4.78, 5) is 7.99. The summed E-state index contributed by atoms with van der Waals surface area (Å²) in [5.41, 5.74) is 6.36. The third-order valence-electron chi connectivity index (χ3n) is 3.90. The molecule has 0 bridgehead atoms. The highest BCUT2D eigenvalue weighted by Gasteiger charge is 2.08. The van der Waals surface area contributed by atoms with Crippen LogP contribution in [0.3, 0.4) is 0 Å². The van der Waals surface area contributed by atoms with Crippen LogP contribution in [-0.4, -0.2) is 22.6 Å². The first-order chi connectivity index (χ1) is 9.97. The molecular weight excluding hydrogens is 258 g/mol. The normalized spacial score (nSPS) is 11.3. The summed E-state index contributed by atoms with van der Waals surface area (Å²) < 4.78 is 0. The zero-order valence-corrected chi connectivity index (χ0v) is 13.9. The number of nitrogens with zero attached hydrogens (tertiary/aromatic N) is 1. The van der Waals surface area contributed by atoms with Gasteiger partial charge in [0, 0.05) is 18.0 Å². The Morgan fingerprint density at radius 3 is 2.52 bits per heavy atom. The predicted molar refractivity (Wildman–Crippen MR) is 89.7 cm³/mol. The Hall–Kier alpha value is -1.61. The summed E-state index contributed by atoms with van der Waals surface area (Å²) in [6.07, 6.45) is 4.06. The lowest BCUT2D eigenvalue weighted by molar-refractivity contribution is 0.567. The second kappa shape index (κ2) is 6.90. The Labute approximate surface area is 128 Å². The molecule has 0 saturated heterocycles. The number of benzene rings is 1. The number of aromatic amines is 1. The molecule has 0 saturated carbocycles. The van der Waals surface area contributed by atoms with Crippen LogP contribution in [0, 0.1) is 20.8 Å². The Balaban J connectivity index is 2.04. The van der Waals surface area contributed by atoms with Crippen LogP contribution in [-0.2, 0) is 6.42 Å². The minimum Gasteiger partial charge on any atom is -0.342 e. The van der Waals surface area contributed by atoms with E-state index in [4.69, 9.17) is 0 Å². The van der Waals surface area contributed by atoms with Gasteiger partial charge in [0.25, 0.3) is 0 Å². The fourth-order valence-corrected chi connectivity index (χ4v) is 2.52. The summed E-state index contributed by atoms with van der Waals surface area (Å²) in [7, 11) is 0. The van der Waals surface area contributed by atoms with E-state index in [0.29, 0.717) is 6.04 Å². The summed E-state index contributed by atoms with van der Waals surface area (Å²) in [6.45, 7) is 11.9. The molecule has 1 aromatic heterocycles. The fraction of sp³-hybridized carbons (Fsp3) is 0.500. The number of hydrogen-bond acceptors (Lipinski definition) is 2. The molecule has 2 aromatic rings. The average molecular weight is 285 g/mol. The fourth-order valence-electron chi connectivity index (χ4n) is 2.52. The van der Waals surface area contributed by atoms with Gasteiger partial charge in [-0.1, -0.05) is 19.9 Å². The number of aryl methyl sites for hydroxylation is 4. The van der Waals surface area contributed by atoms with Gasteiger partial charge in [0.1, 0.15) is 5.82 Å². The van der Waals surface area contributed by atoms with Gasteiger partial charge in [0.05, 0.1) is 11.9 Å². The topological polar surface area (TPSA) is 40.7 Å². The largest absolute Gasteiger partial charge is 0.342 e. The van der Waals surface area contributed by atoms with Gasteiger partial charge < -0.3 is 10.3 Å². The number of nitrogens with one attached hydrogen (secondary N) is 2. The molecule has 1 aromatic carbocycles. The standard InChI is InChI=1S/C18H27N3/c1-12(2)19-8-6-7-18-20-11-17(21-18)16-10-14(4)13(3)9-15(16)5/h9-12,19H,6-8H2,1-5H3,(H,20,21). The third kappa shape index (κ3) is 4.18. The first-order valence-corrected chi connectivity index (χ1v) is 7.83. The van der Waals surface area contributed by atoms with Gasteiger partial charge in [-0.15, -0.1) is 0 Å². The molecule has 0 fully saturated rings. The van der Waals surface area contributed by atoms with Crippen LogP contribution in [0.25, 0.3) is 11.3 Å². The molecule has 2 N–H and O–H groups in total. The van der Waals surface area contributed by atoms with Crippen LogP contribution in [0.15, 0.2) is 18.3 Å². The van der Waals surface area contributed by atoms with Crippen molar-refractivity contribution in [3.05, 3.63) is 40.8 Å². The van der Waals surface area contributed by atoms with Crippen LogP contribution in [0.4, 0.5) is 0 Å². The summed E-state index contributed by atoms with van der Waals surface area (Å²) in [5, 5.41) is 3.44. The molecule has 3 heteroatoms. The van der Waals surface area contributed by atoms with Crippen LogP contribution >= 0.6 is 0 Å². The molecule has 3 nitrogen and oxygen atoms in total. The lowest BCUT2D eigenvalue weighted by atomic mass is 9.99. The van der Waals surface area contributed by atoms with E-state index < -0.39 is 0 Å². The van der Waals surface area contributed by atoms with Gasteiger partial charge in [-0.05, 0) is 56.5 Å². The number of rotatable bonds is 6. The van der Waals surface area contributed by atoms with Crippen LogP contribution in [0.2, 0.25) is 0 Å². The maximum absolute atomic E-state index is 4.52. The van der Waals surface area contributed by atoms with Gasteiger partial charge in [-0.2, -0.15) is 0 Å². The molecule has 0 aliphatic carbocycles. The minimum atomic E-state index is 0.551. The van der Waals surface area contributed by atoms with Crippen molar-refractivity contribution in [2.75, 3.05) is 6.54 Å². The Bertz CT molecular complexity index is 597. The van der Waals surface area contributed by atoms with E-state index >= 15 is 0 Å². The maximum Gasteiger partial charge on any atom is 0.106 e. The number of imidazole rings is 1. The highest BCUT2D eigenvalue weighted by molar-refractivity contribution is 5.65. The van der Waals surface area contributed by atoms with Crippen molar-refractivity contribution < 1.29 is 0 Å². The van der Waals surface area contributed by atoms with Crippen molar-refractivity contribution in [1.29, 1.82) is 0 Å². The summed E-state index contributed by atoms with van der Waals surface area (Å²) >= 11 is 0. The second-order valence-electron chi connectivity index (χ2n) is 6.21. The zero-order valence-electron chi connectivity index (χ0n) is 13.9. The van der Waals surface area contributed by atoms with Crippen LogP contribution in [0.1, 0.15) is 42.8 Å². The number of aromatic nitrogens is 2. The second-order valence-corrected chi connectivity index (χ2v) is 6.21. The maximum atomic E-state index is 4.52. The Morgan fingerprint density at radius 1 is 1.10 bits per heavy atom. The highest BCUT2D eigenvalue weighted by Crippen LogP contribution is 2.25. The molecule has 114 valence electrons. The van der Waals surface area contributed by atoms with Gasteiger partial charge in [0.2, 0.25) is 0 Å². The molecule has 0 radical (unpaired) electrons. The minimum absolute atomic E-state index is 0.551. The summed E-state index contributed by atoms with van der Waals surface area (Å²) in [6, 6.07) is 5.05. The number of hydrogen-bond donors (Lipinski definition) is 2. The Morgan fingerprint density at radius 2 is 1.81 bits per heavy atom.